The number of benzene rings is 1. The Morgan fingerprint density at radius 2 is 2.25 bits per heavy atom. The largest absolute Gasteiger partial charge is 0.326 e. The van der Waals surface area contributed by atoms with Gasteiger partial charge in [0.2, 0.25) is 0 Å². The SMILES string of the molecule is CN(Cc1c(F)cccc1Cl)S(=O)(=O)N1CC[C@@H](N)C1. The van der Waals surface area contributed by atoms with Gasteiger partial charge in [-0.2, -0.15) is 17.0 Å². The summed E-state index contributed by atoms with van der Waals surface area (Å²) in [6, 6.07) is 4.13. The van der Waals surface area contributed by atoms with Gasteiger partial charge in [0.25, 0.3) is 10.2 Å². The summed E-state index contributed by atoms with van der Waals surface area (Å²) in [4.78, 5) is 0. The lowest BCUT2D eigenvalue weighted by Gasteiger charge is -2.24. The van der Waals surface area contributed by atoms with Gasteiger partial charge in [0.15, 0.2) is 0 Å². The molecular weight excluding hydrogens is 305 g/mol. The number of nitrogens with two attached hydrogens (primary N) is 1. The van der Waals surface area contributed by atoms with E-state index in [2.05, 4.69) is 0 Å². The Balaban J connectivity index is 2.17. The number of nitrogens with zero attached hydrogens (tertiary/aromatic N) is 2. The maximum absolute atomic E-state index is 13.7. The highest BCUT2D eigenvalue weighted by atomic mass is 35.5. The summed E-state index contributed by atoms with van der Waals surface area (Å²) < 4.78 is 40.8. The van der Waals surface area contributed by atoms with E-state index in [1.54, 1.807) is 0 Å². The fourth-order valence-corrected chi connectivity index (χ4v) is 3.77. The molecule has 1 aliphatic rings. The molecule has 0 amide bonds. The van der Waals surface area contributed by atoms with Crippen molar-refractivity contribution in [3.63, 3.8) is 0 Å². The lowest BCUT2D eigenvalue weighted by Crippen LogP contribution is -2.41. The van der Waals surface area contributed by atoms with Crippen molar-refractivity contribution in [1.29, 1.82) is 0 Å². The summed E-state index contributed by atoms with van der Waals surface area (Å²) in [5.74, 6) is -0.516. The minimum atomic E-state index is -3.64. The van der Waals surface area contributed by atoms with Crippen LogP contribution >= 0.6 is 11.6 Å². The van der Waals surface area contributed by atoms with Gasteiger partial charge < -0.3 is 5.73 Å². The summed E-state index contributed by atoms with van der Waals surface area (Å²) in [6.45, 7) is 0.566. The fraction of sp³-hybridized carbons (Fsp3) is 0.500. The molecule has 1 aromatic carbocycles. The average Bonchev–Trinajstić information content (AvgIpc) is 2.81. The molecule has 112 valence electrons. The molecule has 5 nitrogen and oxygen atoms in total. The smallest absolute Gasteiger partial charge is 0.282 e. The van der Waals surface area contributed by atoms with Crippen LogP contribution in [0.1, 0.15) is 12.0 Å². The summed E-state index contributed by atoms with van der Waals surface area (Å²) in [6.07, 6.45) is 0.632. The highest BCUT2D eigenvalue weighted by Crippen LogP contribution is 2.23. The molecule has 1 saturated heterocycles. The van der Waals surface area contributed by atoms with Crippen LogP contribution in [0.2, 0.25) is 5.02 Å². The summed E-state index contributed by atoms with van der Waals surface area (Å²) in [5.41, 5.74) is 5.89. The monoisotopic (exact) mass is 321 g/mol. The van der Waals surface area contributed by atoms with Gasteiger partial charge in [0, 0.05) is 43.3 Å². The maximum atomic E-state index is 13.7. The van der Waals surface area contributed by atoms with E-state index in [1.165, 1.54) is 29.6 Å². The average molecular weight is 322 g/mol. The molecule has 1 atom stereocenters. The van der Waals surface area contributed by atoms with E-state index in [-0.39, 0.29) is 29.7 Å². The van der Waals surface area contributed by atoms with Crippen molar-refractivity contribution in [3.8, 4) is 0 Å². The van der Waals surface area contributed by atoms with Crippen LogP contribution in [0.4, 0.5) is 4.39 Å². The van der Waals surface area contributed by atoms with Gasteiger partial charge in [-0.3, -0.25) is 0 Å². The molecule has 0 unspecified atom stereocenters. The van der Waals surface area contributed by atoms with Crippen LogP contribution in [0, 0.1) is 5.82 Å². The van der Waals surface area contributed by atoms with Crippen molar-refractivity contribution in [3.05, 3.63) is 34.6 Å². The lowest BCUT2D eigenvalue weighted by atomic mass is 10.2. The van der Waals surface area contributed by atoms with E-state index in [4.69, 9.17) is 17.3 Å². The Labute approximate surface area is 123 Å². The lowest BCUT2D eigenvalue weighted by molar-refractivity contribution is 0.386. The summed E-state index contributed by atoms with van der Waals surface area (Å²) in [5, 5.41) is 0.213. The van der Waals surface area contributed by atoms with E-state index in [0.717, 1.165) is 4.31 Å². The molecule has 0 radical (unpaired) electrons. The van der Waals surface area contributed by atoms with Crippen LogP contribution in [-0.4, -0.2) is 43.2 Å². The molecule has 1 aromatic rings. The van der Waals surface area contributed by atoms with Crippen LogP contribution in [0.3, 0.4) is 0 Å². The van der Waals surface area contributed by atoms with Gasteiger partial charge in [-0.05, 0) is 18.6 Å². The molecule has 8 heteroatoms. The van der Waals surface area contributed by atoms with Gasteiger partial charge in [0.05, 0.1) is 0 Å². The molecule has 0 bridgehead atoms. The summed E-state index contributed by atoms with van der Waals surface area (Å²) >= 11 is 5.91. The zero-order valence-corrected chi connectivity index (χ0v) is 12.7. The Bertz CT molecular complexity index is 576. The molecule has 0 aromatic heterocycles. The predicted octanol–water partition coefficient (Wildman–Crippen LogP) is 1.19. The van der Waals surface area contributed by atoms with Gasteiger partial charge in [-0.25, -0.2) is 4.39 Å². The third-order valence-electron chi connectivity index (χ3n) is 3.35. The van der Waals surface area contributed by atoms with Crippen molar-refractivity contribution < 1.29 is 12.8 Å². The Morgan fingerprint density at radius 3 is 2.80 bits per heavy atom. The number of hydrogen-bond donors (Lipinski definition) is 1. The van der Waals surface area contributed by atoms with E-state index >= 15 is 0 Å². The first-order chi connectivity index (χ1) is 9.32. The van der Waals surface area contributed by atoms with Crippen LogP contribution in [0.25, 0.3) is 0 Å². The van der Waals surface area contributed by atoms with E-state index < -0.39 is 16.0 Å². The molecule has 1 aliphatic heterocycles. The third-order valence-corrected chi connectivity index (χ3v) is 5.61. The number of rotatable bonds is 4. The Morgan fingerprint density at radius 1 is 1.55 bits per heavy atom. The zero-order valence-electron chi connectivity index (χ0n) is 11.1. The molecule has 2 rings (SSSR count). The first-order valence-electron chi connectivity index (χ1n) is 6.22. The molecule has 2 N–H and O–H groups in total. The molecule has 0 saturated carbocycles. The molecule has 0 aliphatic carbocycles. The number of halogens is 2. The molecule has 20 heavy (non-hydrogen) atoms. The van der Waals surface area contributed by atoms with Crippen LogP contribution < -0.4 is 5.73 Å². The normalized spacial score (nSPS) is 20.8. The number of hydrogen-bond acceptors (Lipinski definition) is 3. The molecule has 1 fully saturated rings. The van der Waals surface area contributed by atoms with Crippen molar-refractivity contribution in [2.45, 2.75) is 19.0 Å². The van der Waals surface area contributed by atoms with Crippen LogP contribution in [-0.2, 0) is 16.8 Å². The highest BCUT2D eigenvalue weighted by molar-refractivity contribution is 7.86. The van der Waals surface area contributed by atoms with Gasteiger partial charge in [0.1, 0.15) is 5.82 Å². The molecular formula is C12H17ClFN3O2S. The second kappa shape index (κ2) is 5.95. The van der Waals surface area contributed by atoms with E-state index in [1.807, 2.05) is 0 Å². The van der Waals surface area contributed by atoms with Crippen molar-refractivity contribution >= 4 is 21.8 Å². The summed E-state index contributed by atoms with van der Waals surface area (Å²) in [7, 11) is -2.24. The van der Waals surface area contributed by atoms with Crippen molar-refractivity contribution in [2.75, 3.05) is 20.1 Å². The van der Waals surface area contributed by atoms with E-state index in [9.17, 15) is 12.8 Å². The van der Waals surface area contributed by atoms with Gasteiger partial charge in [-0.15, -0.1) is 0 Å². The third kappa shape index (κ3) is 3.12. The van der Waals surface area contributed by atoms with Crippen molar-refractivity contribution in [1.82, 2.24) is 8.61 Å². The van der Waals surface area contributed by atoms with Gasteiger partial charge in [-0.1, -0.05) is 17.7 Å². The highest BCUT2D eigenvalue weighted by Gasteiger charge is 2.33. The topological polar surface area (TPSA) is 66.6 Å². The Kier molecular flexibility index (Phi) is 4.66. The first kappa shape index (κ1) is 15.7. The predicted molar refractivity (Wildman–Crippen MR) is 76.0 cm³/mol. The minimum absolute atomic E-state index is 0.112. The van der Waals surface area contributed by atoms with Crippen LogP contribution in [0.15, 0.2) is 18.2 Å². The zero-order chi connectivity index (χ0) is 14.9. The Hall–Kier alpha value is -0.730. The van der Waals surface area contributed by atoms with Crippen molar-refractivity contribution in [2.24, 2.45) is 5.73 Å². The van der Waals surface area contributed by atoms with Crippen LogP contribution in [0.5, 0.6) is 0 Å². The quantitative estimate of drug-likeness (QED) is 0.906. The first-order valence-corrected chi connectivity index (χ1v) is 7.99. The molecule has 0 spiro atoms. The fourth-order valence-electron chi connectivity index (χ4n) is 2.15. The standard InChI is InChI=1S/C12H17ClFN3O2S/c1-16(8-10-11(13)3-2-4-12(10)14)20(18,19)17-6-5-9(15)7-17/h2-4,9H,5-8,15H2,1H3/t9-/m1/s1. The second-order valence-electron chi connectivity index (χ2n) is 4.87. The van der Waals surface area contributed by atoms with Gasteiger partial charge >= 0.3 is 0 Å². The molecule has 1 heterocycles. The van der Waals surface area contributed by atoms with E-state index in [0.29, 0.717) is 13.0 Å². The minimum Gasteiger partial charge on any atom is -0.326 e. The second-order valence-corrected chi connectivity index (χ2v) is 7.31. The maximum Gasteiger partial charge on any atom is 0.282 e.